The number of halogens is 3. The summed E-state index contributed by atoms with van der Waals surface area (Å²) in [5, 5.41) is 4.09. The van der Waals surface area contributed by atoms with Crippen molar-refractivity contribution in [3.63, 3.8) is 0 Å². The van der Waals surface area contributed by atoms with E-state index in [1.54, 1.807) is 17.1 Å². The molecule has 2 aliphatic heterocycles. The van der Waals surface area contributed by atoms with Crippen molar-refractivity contribution in [1.82, 2.24) is 29.6 Å². The molecule has 2 aliphatic rings. The molecule has 35 heavy (non-hydrogen) atoms. The number of piperidine rings is 1. The minimum atomic E-state index is -4.37. The summed E-state index contributed by atoms with van der Waals surface area (Å²) in [6.07, 6.45) is 1.58. The maximum absolute atomic E-state index is 13.1. The highest BCUT2D eigenvalue weighted by Gasteiger charge is 2.33. The van der Waals surface area contributed by atoms with Crippen molar-refractivity contribution in [2.45, 2.75) is 19.0 Å². The van der Waals surface area contributed by atoms with E-state index in [2.05, 4.69) is 25.0 Å². The lowest BCUT2D eigenvalue weighted by Gasteiger charge is -2.39. The van der Waals surface area contributed by atoms with Gasteiger partial charge in [-0.15, -0.1) is 0 Å². The van der Waals surface area contributed by atoms with Gasteiger partial charge < -0.3 is 14.7 Å². The molecular weight excluding hydrogens is 461 g/mol. The summed E-state index contributed by atoms with van der Waals surface area (Å²) in [7, 11) is 0. The normalized spacial score (nSPS) is 17.6. The van der Waals surface area contributed by atoms with Gasteiger partial charge in [0.2, 0.25) is 5.91 Å². The number of rotatable bonds is 4. The van der Waals surface area contributed by atoms with Crippen LogP contribution in [-0.2, 0) is 11.0 Å². The monoisotopic (exact) mass is 486 g/mol. The number of benzene rings is 1. The van der Waals surface area contributed by atoms with Crippen LogP contribution in [0.4, 0.5) is 24.7 Å². The van der Waals surface area contributed by atoms with E-state index in [0.717, 1.165) is 24.7 Å². The zero-order chi connectivity index (χ0) is 24.4. The van der Waals surface area contributed by atoms with Gasteiger partial charge >= 0.3 is 6.18 Å². The lowest BCUT2D eigenvalue weighted by molar-refractivity contribution is -0.137. The molecule has 9 nitrogen and oxygen atoms in total. The molecule has 0 atom stereocenters. The molecule has 0 bridgehead atoms. The van der Waals surface area contributed by atoms with E-state index in [0.29, 0.717) is 50.8 Å². The number of aromatic nitrogens is 5. The molecule has 0 N–H and O–H groups in total. The summed E-state index contributed by atoms with van der Waals surface area (Å²) >= 11 is 0. The third-order valence-electron chi connectivity index (χ3n) is 6.59. The number of nitrogens with zero attached hydrogens (tertiary/aromatic N) is 8. The average Bonchev–Trinajstić information content (AvgIpc) is 3.43. The Morgan fingerprint density at radius 2 is 1.63 bits per heavy atom. The molecule has 0 unspecified atom stereocenters. The van der Waals surface area contributed by atoms with E-state index in [9.17, 15) is 18.0 Å². The Kier molecular flexibility index (Phi) is 6.27. The number of carbonyl (C=O) groups excluding carboxylic acids is 1. The molecule has 4 heterocycles. The Hall–Kier alpha value is -3.70. The molecule has 12 heteroatoms. The van der Waals surface area contributed by atoms with Crippen molar-refractivity contribution in [1.29, 1.82) is 0 Å². The highest BCUT2D eigenvalue weighted by atomic mass is 19.4. The zero-order valence-electron chi connectivity index (χ0n) is 19.0. The van der Waals surface area contributed by atoms with Crippen LogP contribution in [0.1, 0.15) is 18.4 Å². The molecule has 0 spiro atoms. The number of amides is 1. The van der Waals surface area contributed by atoms with Crippen LogP contribution in [0.5, 0.6) is 0 Å². The third-order valence-corrected chi connectivity index (χ3v) is 6.59. The smallest absolute Gasteiger partial charge is 0.368 e. The number of hydrogen-bond donors (Lipinski definition) is 0. The fourth-order valence-electron chi connectivity index (χ4n) is 4.64. The third kappa shape index (κ3) is 5.05. The molecule has 1 aromatic carbocycles. The van der Waals surface area contributed by atoms with Gasteiger partial charge in [-0.3, -0.25) is 4.79 Å². The van der Waals surface area contributed by atoms with Gasteiger partial charge in [0.15, 0.2) is 5.82 Å². The standard InChI is InChI=1S/C23H25F3N8O/c24-23(25,26)18-2-1-3-19(12-18)31-8-10-33(11-9-31)22(35)17-4-6-32(7-5-17)20-13-21(29-15-28-20)34-16-27-14-30-34/h1-3,12-17H,4-11H2. The Morgan fingerprint density at radius 3 is 2.31 bits per heavy atom. The quantitative estimate of drug-likeness (QED) is 0.561. The summed E-state index contributed by atoms with van der Waals surface area (Å²) in [5.41, 5.74) is -0.118. The fraction of sp³-hybridized carbons (Fsp3) is 0.435. The molecule has 0 saturated carbocycles. The Labute approximate surface area is 200 Å². The molecule has 184 valence electrons. The van der Waals surface area contributed by atoms with Crippen molar-refractivity contribution < 1.29 is 18.0 Å². The molecule has 0 radical (unpaired) electrons. The number of alkyl halides is 3. The lowest BCUT2D eigenvalue weighted by atomic mass is 9.95. The van der Waals surface area contributed by atoms with Crippen molar-refractivity contribution in [3.05, 3.63) is 54.9 Å². The summed E-state index contributed by atoms with van der Waals surface area (Å²) < 4.78 is 40.7. The molecule has 1 amide bonds. The van der Waals surface area contributed by atoms with Crippen LogP contribution in [0.15, 0.2) is 49.3 Å². The molecule has 2 fully saturated rings. The molecule has 2 saturated heterocycles. The van der Waals surface area contributed by atoms with Crippen LogP contribution in [-0.4, -0.2) is 74.8 Å². The second-order valence-corrected chi connectivity index (χ2v) is 8.70. The van der Waals surface area contributed by atoms with Crippen molar-refractivity contribution in [2.24, 2.45) is 5.92 Å². The maximum Gasteiger partial charge on any atom is 0.416 e. The first-order chi connectivity index (χ1) is 16.9. The minimum Gasteiger partial charge on any atom is -0.368 e. The molecule has 0 aliphatic carbocycles. The Balaban J connectivity index is 1.14. The summed E-state index contributed by atoms with van der Waals surface area (Å²) in [5.74, 6) is 1.47. The highest BCUT2D eigenvalue weighted by Crippen LogP contribution is 2.32. The van der Waals surface area contributed by atoms with E-state index in [4.69, 9.17) is 0 Å². The lowest BCUT2D eigenvalue weighted by Crippen LogP contribution is -2.51. The second-order valence-electron chi connectivity index (χ2n) is 8.70. The van der Waals surface area contributed by atoms with Gasteiger partial charge in [-0.05, 0) is 31.0 Å². The van der Waals surface area contributed by atoms with Gasteiger partial charge in [0.05, 0.1) is 5.56 Å². The Bertz CT molecular complexity index is 1150. The highest BCUT2D eigenvalue weighted by molar-refractivity contribution is 5.79. The first-order valence-corrected chi connectivity index (χ1v) is 11.5. The second kappa shape index (κ2) is 9.51. The fourth-order valence-corrected chi connectivity index (χ4v) is 4.64. The van der Waals surface area contributed by atoms with Crippen LogP contribution >= 0.6 is 0 Å². The number of carbonyl (C=O) groups is 1. The van der Waals surface area contributed by atoms with Crippen LogP contribution in [0.2, 0.25) is 0 Å². The van der Waals surface area contributed by atoms with Gasteiger partial charge in [0, 0.05) is 56.9 Å². The summed E-state index contributed by atoms with van der Waals surface area (Å²) in [6, 6.07) is 7.21. The zero-order valence-corrected chi connectivity index (χ0v) is 19.0. The maximum atomic E-state index is 13.1. The van der Waals surface area contributed by atoms with Crippen LogP contribution in [0.3, 0.4) is 0 Å². The van der Waals surface area contributed by atoms with Gasteiger partial charge in [0.25, 0.3) is 0 Å². The Morgan fingerprint density at radius 1 is 0.886 bits per heavy atom. The van der Waals surface area contributed by atoms with E-state index in [-0.39, 0.29) is 11.8 Å². The summed E-state index contributed by atoms with van der Waals surface area (Å²) in [6.45, 7) is 3.43. The predicted molar refractivity (Wildman–Crippen MR) is 122 cm³/mol. The first-order valence-electron chi connectivity index (χ1n) is 11.5. The van der Waals surface area contributed by atoms with E-state index >= 15 is 0 Å². The number of piperazine rings is 1. The van der Waals surface area contributed by atoms with Gasteiger partial charge in [0.1, 0.15) is 24.8 Å². The largest absolute Gasteiger partial charge is 0.416 e. The van der Waals surface area contributed by atoms with E-state index < -0.39 is 11.7 Å². The number of hydrogen-bond acceptors (Lipinski definition) is 7. The van der Waals surface area contributed by atoms with Crippen molar-refractivity contribution in [2.75, 3.05) is 49.1 Å². The minimum absolute atomic E-state index is 0.0667. The van der Waals surface area contributed by atoms with Crippen LogP contribution in [0.25, 0.3) is 5.82 Å². The SMILES string of the molecule is O=C(C1CCN(c2cc(-n3cncn3)ncn2)CC1)N1CCN(c2cccc(C(F)(F)F)c2)CC1. The van der Waals surface area contributed by atoms with Gasteiger partial charge in [-0.1, -0.05) is 6.07 Å². The van der Waals surface area contributed by atoms with Crippen molar-refractivity contribution in [3.8, 4) is 5.82 Å². The van der Waals surface area contributed by atoms with Crippen LogP contribution < -0.4 is 9.80 Å². The molecular formula is C23H25F3N8O. The van der Waals surface area contributed by atoms with Gasteiger partial charge in [-0.2, -0.15) is 18.3 Å². The van der Waals surface area contributed by atoms with Gasteiger partial charge in [-0.25, -0.2) is 19.6 Å². The predicted octanol–water partition coefficient (Wildman–Crippen LogP) is 2.64. The molecule has 5 rings (SSSR count). The van der Waals surface area contributed by atoms with Crippen LogP contribution in [0, 0.1) is 5.92 Å². The van der Waals surface area contributed by atoms with E-state index in [1.165, 1.54) is 24.8 Å². The topological polar surface area (TPSA) is 83.3 Å². The average molecular weight is 487 g/mol. The molecule has 3 aromatic rings. The van der Waals surface area contributed by atoms with E-state index in [1.807, 2.05) is 15.9 Å². The first kappa shape index (κ1) is 23.1. The molecule has 2 aromatic heterocycles. The number of anilines is 2. The van der Waals surface area contributed by atoms with Crippen molar-refractivity contribution >= 4 is 17.4 Å². The summed E-state index contributed by atoms with van der Waals surface area (Å²) in [4.78, 5) is 31.6.